The molecule has 0 unspecified atom stereocenters. The molecule has 0 bridgehead atoms. The van der Waals surface area contributed by atoms with Crippen LogP contribution < -0.4 is 4.74 Å². The molecule has 0 amide bonds. The zero-order valence-corrected chi connectivity index (χ0v) is 33.7. The minimum atomic E-state index is -0.0273. The van der Waals surface area contributed by atoms with Gasteiger partial charge in [0.1, 0.15) is 5.82 Å². The third kappa shape index (κ3) is 7.18. The Morgan fingerprint density at radius 3 is 2.11 bits per heavy atom. The maximum Gasteiger partial charge on any atom is 2.00 e. The Kier molecular flexibility index (Phi) is 10.7. The first-order valence-corrected chi connectivity index (χ1v) is 18.7. The molecule has 54 heavy (non-hydrogen) atoms. The van der Waals surface area contributed by atoms with Gasteiger partial charge in [-0.2, -0.15) is 17.2 Å². The van der Waals surface area contributed by atoms with Crippen LogP contribution >= 0.6 is 0 Å². The van der Waals surface area contributed by atoms with Crippen molar-refractivity contribution < 1.29 is 25.8 Å². The Morgan fingerprint density at radius 1 is 0.667 bits per heavy atom. The molecule has 0 fully saturated rings. The average molecular weight is 888 g/mol. The molecular weight excluding hydrogens is 844 g/mol. The largest absolute Gasteiger partial charge is 2.00 e. The van der Waals surface area contributed by atoms with Crippen molar-refractivity contribution in [2.45, 2.75) is 65.7 Å². The van der Waals surface area contributed by atoms with E-state index in [0.29, 0.717) is 11.5 Å². The number of nitrogens with zero attached hydrogens (tertiary/aromatic N) is 4. The van der Waals surface area contributed by atoms with E-state index in [-0.39, 0.29) is 26.5 Å². The summed E-state index contributed by atoms with van der Waals surface area (Å²) in [6, 6.07) is 49.5. The normalized spacial score (nSPS) is 11.6. The second-order valence-electron chi connectivity index (χ2n) is 14.7. The van der Waals surface area contributed by atoms with E-state index in [0.717, 1.165) is 64.7 Å². The Labute approximate surface area is 332 Å². The maximum absolute atomic E-state index is 6.59. The summed E-state index contributed by atoms with van der Waals surface area (Å²) in [5.74, 6) is 2.07. The van der Waals surface area contributed by atoms with Gasteiger partial charge in [0.15, 0.2) is 0 Å². The van der Waals surface area contributed by atoms with Crippen molar-refractivity contribution in [3.05, 3.63) is 157 Å². The Morgan fingerprint density at radius 2 is 1.39 bits per heavy atom. The van der Waals surface area contributed by atoms with Gasteiger partial charge in [-0.15, -0.1) is 35.7 Å². The van der Waals surface area contributed by atoms with Gasteiger partial charge in [0, 0.05) is 34.5 Å². The van der Waals surface area contributed by atoms with Gasteiger partial charge in [-0.3, -0.25) is 4.68 Å². The molecule has 0 saturated heterocycles. The summed E-state index contributed by atoms with van der Waals surface area (Å²) in [6.45, 7) is 11.1. The average Bonchev–Trinajstić information content (AvgIpc) is 3.70. The fourth-order valence-corrected chi connectivity index (χ4v) is 7.30. The molecule has 3 aromatic heterocycles. The standard InChI is InChI=1S/C48H44N4O.Pt/c1-6-15-42-47(34-19-12-9-13-20-34)44(16-7-2)52(50-42)37-21-14-22-38(31-37)53-39-24-25-40-41-29-35(33-17-10-8-11-18-33)23-26-43(41)51(45(40)32-39)46-30-36(27-28-49-46)48(3,4)5;/h8-14,17-30H,6-7,15-16H2,1-5H3;/q-2;+2. The van der Waals surface area contributed by atoms with Crippen LogP contribution in [0.15, 0.2) is 128 Å². The smallest absolute Gasteiger partial charge is 0.509 e. The van der Waals surface area contributed by atoms with Crippen LogP contribution in [0.2, 0.25) is 0 Å². The van der Waals surface area contributed by atoms with E-state index in [1.54, 1.807) is 0 Å². The van der Waals surface area contributed by atoms with E-state index >= 15 is 0 Å². The minimum absolute atomic E-state index is 0. The number of aromatic nitrogens is 4. The number of rotatable bonds is 10. The fraction of sp³-hybridized carbons (Fsp3) is 0.208. The number of aryl methyl sites for hydroxylation is 1. The maximum atomic E-state index is 6.59. The van der Waals surface area contributed by atoms with Crippen LogP contribution in [0.5, 0.6) is 11.5 Å². The molecule has 0 aliphatic heterocycles. The summed E-state index contributed by atoms with van der Waals surface area (Å²) in [4.78, 5) is 4.89. The zero-order valence-electron chi connectivity index (χ0n) is 31.5. The topological polar surface area (TPSA) is 44.9 Å². The van der Waals surface area contributed by atoms with Gasteiger partial charge < -0.3 is 9.30 Å². The van der Waals surface area contributed by atoms with E-state index in [4.69, 9.17) is 14.8 Å². The van der Waals surface area contributed by atoms with E-state index in [2.05, 4.69) is 159 Å². The van der Waals surface area contributed by atoms with Crippen LogP contribution in [0.25, 0.3) is 55.6 Å². The fourth-order valence-electron chi connectivity index (χ4n) is 7.30. The molecule has 5 aromatic carbocycles. The van der Waals surface area contributed by atoms with Crippen LogP contribution in [0.3, 0.4) is 0 Å². The van der Waals surface area contributed by atoms with Crippen LogP contribution in [0, 0.1) is 12.1 Å². The molecule has 6 heteroatoms. The number of hydrogen-bond acceptors (Lipinski definition) is 3. The van der Waals surface area contributed by atoms with Crippen molar-refractivity contribution in [3.8, 4) is 45.3 Å². The first-order valence-electron chi connectivity index (χ1n) is 18.7. The number of benzene rings is 5. The SMILES string of the molecule is CCCc1nn(-c2[c-]c(Oc3[c-]c4c(cc3)c3cc(-c5ccccc5)ccc3n4-c3cc(C(C)(C)C)ccn3)ccc2)c(CCC)c1-c1ccccc1.[Pt+2]. The molecule has 0 spiro atoms. The summed E-state index contributed by atoms with van der Waals surface area (Å²) in [5.41, 5.74) is 11.1. The van der Waals surface area contributed by atoms with Gasteiger partial charge in [-0.05, 0) is 69.8 Å². The quantitative estimate of drug-likeness (QED) is 0.129. The van der Waals surface area contributed by atoms with Gasteiger partial charge in [0.05, 0.1) is 5.69 Å². The molecule has 8 rings (SSSR count). The van der Waals surface area contributed by atoms with E-state index in [1.165, 1.54) is 33.5 Å². The Bertz CT molecular complexity index is 2540. The van der Waals surface area contributed by atoms with E-state index < -0.39 is 0 Å². The molecule has 0 saturated carbocycles. The van der Waals surface area contributed by atoms with Crippen molar-refractivity contribution in [2.24, 2.45) is 0 Å². The molecule has 272 valence electrons. The molecular formula is C48H44N4OPt. The number of hydrogen-bond donors (Lipinski definition) is 0. The van der Waals surface area contributed by atoms with Crippen LogP contribution in [-0.2, 0) is 39.3 Å². The first-order chi connectivity index (χ1) is 25.8. The van der Waals surface area contributed by atoms with E-state index in [9.17, 15) is 0 Å². The van der Waals surface area contributed by atoms with E-state index in [1.807, 2.05) is 24.4 Å². The molecule has 0 N–H and O–H groups in total. The third-order valence-corrected chi connectivity index (χ3v) is 9.89. The van der Waals surface area contributed by atoms with Crippen LogP contribution in [0.1, 0.15) is 64.4 Å². The van der Waals surface area contributed by atoms with Crippen LogP contribution in [-0.4, -0.2) is 19.3 Å². The van der Waals surface area contributed by atoms with Crippen molar-refractivity contribution in [1.29, 1.82) is 0 Å². The predicted octanol–water partition coefficient (Wildman–Crippen LogP) is 12.3. The first kappa shape index (κ1) is 37.1. The Balaban J connectivity index is 0.00000450. The van der Waals surface area contributed by atoms with Crippen LogP contribution in [0.4, 0.5) is 0 Å². The van der Waals surface area contributed by atoms with Crippen molar-refractivity contribution in [3.63, 3.8) is 0 Å². The second kappa shape index (κ2) is 15.6. The Hall–Kier alpha value is -5.25. The predicted molar refractivity (Wildman–Crippen MR) is 217 cm³/mol. The van der Waals surface area contributed by atoms with Crippen molar-refractivity contribution in [2.75, 3.05) is 0 Å². The summed E-state index contributed by atoms with van der Waals surface area (Å²) in [6.07, 6.45) is 5.76. The summed E-state index contributed by atoms with van der Waals surface area (Å²) >= 11 is 0. The molecule has 0 aliphatic rings. The van der Waals surface area contributed by atoms with Gasteiger partial charge in [-0.25, -0.2) is 4.98 Å². The molecule has 3 heterocycles. The summed E-state index contributed by atoms with van der Waals surface area (Å²) in [5, 5.41) is 7.41. The third-order valence-electron chi connectivity index (χ3n) is 9.89. The van der Waals surface area contributed by atoms with Gasteiger partial charge >= 0.3 is 21.1 Å². The molecule has 8 aromatic rings. The molecule has 0 atom stereocenters. The zero-order chi connectivity index (χ0) is 36.5. The summed E-state index contributed by atoms with van der Waals surface area (Å²) in [7, 11) is 0. The minimum Gasteiger partial charge on any atom is -0.509 e. The number of ether oxygens (including phenoxy) is 1. The van der Waals surface area contributed by atoms with Gasteiger partial charge in [-0.1, -0.05) is 126 Å². The molecule has 0 aliphatic carbocycles. The molecule has 0 radical (unpaired) electrons. The van der Waals surface area contributed by atoms with Crippen molar-refractivity contribution in [1.82, 2.24) is 19.3 Å². The number of fused-ring (bicyclic) bond motifs is 3. The summed E-state index contributed by atoms with van der Waals surface area (Å²) < 4.78 is 10.9. The number of pyridine rings is 1. The second-order valence-corrected chi connectivity index (χ2v) is 14.7. The van der Waals surface area contributed by atoms with Gasteiger partial charge in [0.25, 0.3) is 0 Å². The molecule has 5 nitrogen and oxygen atoms in total. The van der Waals surface area contributed by atoms with Gasteiger partial charge in [0.2, 0.25) is 0 Å². The van der Waals surface area contributed by atoms with Crippen molar-refractivity contribution >= 4 is 21.8 Å². The monoisotopic (exact) mass is 887 g/mol.